The van der Waals surface area contributed by atoms with Gasteiger partial charge in [0, 0.05) is 49.8 Å². The highest BCUT2D eigenvalue weighted by Crippen LogP contribution is 2.56. The Hall–Kier alpha value is -8.72. The molecule has 12 aromatic carbocycles. The van der Waals surface area contributed by atoms with Crippen LogP contribution in [0.2, 0.25) is 0 Å². The Morgan fingerprint density at radius 1 is 0.240 bits per heavy atom. The van der Waals surface area contributed by atoms with Crippen LogP contribution in [0.25, 0.3) is 76.5 Å². The van der Waals surface area contributed by atoms with Crippen LogP contribution < -0.4 is 9.80 Å². The van der Waals surface area contributed by atoms with Crippen LogP contribution in [0.1, 0.15) is 74.9 Å². The van der Waals surface area contributed by atoms with E-state index in [-0.39, 0.29) is 16.2 Å². The summed E-state index contributed by atoms with van der Waals surface area (Å²) in [6, 6.07) is 87.2. The maximum atomic E-state index is 2.51. The van der Waals surface area contributed by atoms with E-state index in [4.69, 9.17) is 0 Å². The third-order valence-corrected chi connectivity index (χ3v) is 17.8. The third kappa shape index (κ3) is 6.20. The summed E-state index contributed by atoms with van der Waals surface area (Å²) in [5, 5.41) is 10.0. The van der Waals surface area contributed by atoms with E-state index < -0.39 is 0 Å². The van der Waals surface area contributed by atoms with E-state index in [0.717, 1.165) is 22.7 Å². The maximum Gasteiger partial charge on any atom is 0.0540 e. The fraction of sp³-hybridized carbons (Fsp3) is 0.123. The molecule has 75 heavy (non-hydrogen) atoms. The topological polar surface area (TPSA) is 6.48 Å². The zero-order valence-electron chi connectivity index (χ0n) is 43.3. The summed E-state index contributed by atoms with van der Waals surface area (Å²) in [5.74, 6) is 0. The summed E-state index contributed by atoms with van der Waals surface area (Å²) in [4.78, 5) is 5.01. The van der Waals surface area contributed by atoms with Gasteiger partial charge in [-0.15, -0.1) is 0 Å². The molecule has 0 aromatic heterocycles. The van der Waals surface area contributed by atoms with E-state index in [9.17, 15) is 0 Å². The number of anilines is 6. The number of hydrogen-bond acceptors (Lipinski definition) is 2. The second-order valence-corrected chi connectivity index (χ2v) is 22.9. The quantitative estimate of drug-likeness (QED) is 0.153. The summed E-state index contributed by atoms with van der Waals surface area (Å²) in [6.45, 7) is 14.4. The Balaban J connectivity index is 0.905. The normalized spacial score (nSPS) is 14.9. The van der Waals surface area contributed by atoms with Gasteiger partial charge in [-0.3, -0.25) is 0 Å². The molecule has 0 radical (unpaired) electrons. The highest BCUT2D eigenvalue weighted by atomic mass is 15.1. The van der Waals surface area contributed by atoms with E-state index in [1.807, 2.05) is 0 Å². The molecule has 0 N–H and O–H groups in total. The van der Waals surface area contributed by atoms with Gasteiger partial charge in [0.2, 0.25) is 0 Å². The minimum absolute atomic E-state index is 0.128. The Labute approximate surface area is 439 Å². The van der Waals surface area contributed by atoms with E-state index in [1.54, 1.807) is 0 Å². The molecule has 0 unspecified atom stereocenters. The first-order valence-electron chi connectivity index (χ1n) is 26.7. The third-order valence-electron chi connectivity index (χ3n) is 17.8. The van der Waals surface area contributed by atoms with Gasteiger partial charge in [-0.05, 0) is 166 Å². The van der Waals surface area contributed by atoms with Crippen LogP contribution in [-0.2, 0) is 16.2 Å². The smallest absolute Gasteiger partial charge is 0.0540 e. The van der Waals surface area contributed by atoms with Gasteiger partial charge in [-0.25, -0.2) is 0 Å². The van der Waals surface area contributed by atoms with Crippen molar-refractivity contribution in [3.8, 4) is 33.4 Å². The SMILES string of the molecule is CC1(C)c2ccccc2-c2ccc(N(c3ccc4c(c3)C(C)(C)c3cccc5c3c-4cc3ccc(N(c4ccc6c(c4)C(C)(C)c4ccccc4-6)c4cccc6ccccc46)cc35)c3cccc4ccccc34)cc21. The van der Waals surface area contributed by atoms with Crippen molar-refractivity contribution >= 4 is 77.2 Å². The van der Waals surface area contributed by atoms with Crippen LogP contribution >= 0.6 is 0 Å². The Kier molecular flexibility index (Phi) is 9.15. The fourth-order valence-electron chi connectivity index (χ4n) is 14.0. The van der Waals surface area contributed by atoms with Gasteiger partial charge < -0.3 is 9.80 Å². The molecule has 358 valence electrons. The van der Waals surface area contributed by atoms with Gasteiger partial charge in [0.15, 0.2) is 0 Å². The van der Waals surface area contributed by atoms with Crippen LogP contribution in [0.4, 0.5) is 34.1 Å². The predicted molar refractivity (Wildman–Crippen MR) is 319 cm³/mol. The molecule has 0 aliphatic heterocycles. The first kappa shape index (κ1) is 43.8. The average Bonchev–Trinajstić information content (AvgIpc) is 3.89. The van der Waals surface area contributed by atoms with Crippen molar-refractivity contribution in [3.63, 3.8) is 0 Å². The predicted octanol–water partition coefficient (Wildman–Crippen LogP) is 20.2. The molecule has 12 aromatic rings. The van der Waals surface area contributed by atoms with Crippen molar-refractivity contribution in [2.45, 2.75) is 57.8 Å². The minimum atomic E-state index is -0.307. The highest BCUT2D eigenvalue weighted by molar-refractivity contribution is 6.18. The maximum absolute atomic E-state index is 2.51. The number of nitrogens with zero attached hydrogens (tertiary/aromatic N) is 2. The average molecular weight is 961 g/mol. The van der Waals surface area contributed by atoms with Crippen LogP contribution in [0.5, 0.6) is 0 Å². The van der Waals surface area contributed by atoms with Crippen molar-refractivity contribution in [1.29, 1.82) is 0 Å². The summed E-state index contributed by atoms with van der Waals surface area (Å²) >= 11 is 0. The van der Waals surface area contributed by atoms with E-state index in [1.165, 1.54) is 121 Å². The molecule has 0 atom stereocenters. The monoisotopic (exact) mass is 960 g/mol. The number of rotatable bonds is 6. The lowest BCUT2D eigenvalue weighted by atomic mass is 9.68. The zero-order valence-corrected chi connectivity index (χ0v) is 43.3. The summed E-state index contributed by atoms with van der Waals surface area (Å²) in [5.41, 5.74) is 22.5. The van der Waals surface area contributed by atoms with E-state index >= 15 is 0 Å². The molecular weight excluding hydrogens is 905 g/mol. The van der Waals surface area contributed by atoms with Gasteiger partial charge in [0.05, 0.1) is 11.4 Å². The van der Waals surface area contributed by atoms with Gasteiger partial charge >= 0.3 is 0 Å². The van der Waals surface area contributed by atoms with E-state index in [0.29, 0.717) is 0 Å². The van der Waals surface area contributed by atoms with Crippen LogP contribution in [0, 0.1) is 0 Å². The Morgan fingerprint density at radius 3 is 1.15 bits per heavy atom. The second-order valence-electron chi connectivity index (χ2n) is 22.9. The number of hydrogen-bond donors (Lipinski definition) is 0. The molecule has 3 aliphatic carbocycles. The first-order chi connectivity index (χ1) is 36.5. The van der Waals surface area contributed by atoms with Crippen LogP contribution in [-0.4, -0.2) is 0 Å². The molecule has 0 bridgehead atoms. The standard InChI is InChI=1S/C73H56N2/c1-71(2)62-27-13-11-24-54(62)56-37-34-49(42-65(56)71)74(68-30-15-20-45-18-7-9-22-52(45)68)48-33-32-47-40-61-58-39-36-51(44-67(58)73(5,6)64-29-17-26-59(70(61)64)60(47)41-48)75(69-31-16-21-46-19-8-10-23-53(46)69)50-35-38-57-55-25-12-14-28-63(55)72(3,4)66(57)43-50/h7-44H,1-6H3. The molecule has 0 fully saturated rings. The zero-order chi connectivity index (χ0) is 50.5. The number of fused-ring (bicyclic) bond motifs is 12. The molecule has 0 saturated heterocycles. The lowest BCUT2D eigenvalue weighted by Crippen LogP contribution is -2.24. The molecule has 2 nitrogen and oxygen atoms in total. The van der Waals surface area contributed by atoms with Crippen molar-refractivity contribution in [1.82, 2.24) is 0 Å². The van der Waals surface area contributed by atoms with Crippen molar-refractivity contribution in [2.24, 2.45) is 0 Å². The lowest BCUT2D eigenvalue weighted by Gasteiger charge is -2.37. The van der Waals surface area contributed by atoms with Crippen molar-refractivity contribution in [2.75, 3.05) is 9.80 Å². The van der Waals surface area contributed by atoms with Crippen LogP contribution in [0.15, 0.2) is 231 Å². The summed E-state index contributed by atoms with van der Waals surface area (Å²) in [6.07, 6.45) is 0. The molecular formula is C73H56N2. The van der Waals surface area contributed by atoms with Gasteiger partial charge in [0.25, 0.3) is 0 Å². The molecule has 0 spiro atoms. The molecule has 2 heteroatoms. The Bertz CT molecular complexity index is 4400. The van der Waals surface area contributed by atoms with Crippen molar-refractivity contribution in [3.05, 3.63) is 264 Å². The fourth-order valence-corrected chi connectivity index (χ4v) is 14.0. The summed E-state index contributed by atoms with van der Waals surface area (Å²) < 4.78 is 0. The van der Waals surface area contributed by atoms with Gasteiger partial charge in [-0.2, -0.15) is 0 Å². The number of benzene rings is 12. The molecule has 15 rings (SSSR count). The first-order valence-corrected chi connectivity index (χ1v) is 26.7. The molecule has 0 amide bonds. The van der Waals surface area contributed by atoms with Gasteiger partial charge in [-0.1, -0.05) is 205 Å². The van der Waals surface area contributed by atoms with Crippen molar-refractivity contribution < 1.29 is 0 Å². The minimum Gasteiger partial charge on any atom is -0.310 e. The molecule has 0 heterocycles. The Morgan fingerprint density at radius 2 is 0.613 bits per heavy atom. The highest BCUT2D eigenvalue weighted by Gasteiger charge is 2.39. The summed E-state index contributed by atoms with van der Waals surface area (Å²) in [7, 11) is 0. The largest absolute Gasteiger partial charge is 0.310 e. The molecule has 3 aliphatic rings. The molecule has 0 saturated carbocycles. The van der Waals surface area contributed by atoms with Crippen LogP contribution in [0.3, 0.4) is 0 Å². The second kappa shape index (κ2) is 15.7. The lowest BCUT2D eigenvalue weighted by molar-refractivity contribution is 0.645. The van der Waals surface area contributed by atoms with E-state index in [2.05, 4.69) is 282 Å². The van der Waals surface area contributed by atoms with Gasteiger partial charge in [0.1, 0.15) is 0 Å².